The van der Waals surface area contributed by atoms with Crippen molar-refractivity contribution in [2.24, 2.45) is 5.73 Å². The van der Waals surface area contributed by atoms with Crippen LogP contribution in [0.1, 0.15) is 15.9 Å². The van der Waals surface area contributed by atoms with Gasteiger partial charge in [-0.3, -0.25) is 4.79 Å². The molecule has 0 radical (unpaired) electrons. The lowest BCUT2D eigenvalue weighted by Crippen LogP contribution is -2.10. The van der Waals surface area contributed by atoms with E-state index < -0.39 is 5.91 Å². The predicted octanol–water partition coefficient (Wildman–Crippen LogP) is 2.48. The highest BCUT2D eigenvalue weighted by molar-refractivity contribution is 5.93. The standard InChI is InChI=1S/C15H16N2O3/c1-9-3-5-12(11(16)7-9)20-13-6-4-10(15(17)18)8-14(13)19-2/h3-8H,16H2,1-2H3,(H2,17,18). The Balaban J connectivity index is 2.35. The predicted molar refractivity (Wildman–Crippen MR) is 77.2 cm³/mol. The average molecular weight is 272 g/mol. The van der Waals surface area contributed by atoms with Crippen LogP contribution in [0.4, 0.5) is 5.69 Å². The number of hydrogen-bond acceptors (Lipinski definition) is 4. The van der Waals surface area contributed by atoms with Gasteiger partial charge in [-0.25, -0.2) is 0 Å². The Bertz CT molecular complexity index is 654. The van der Waals surface area contributed by atoms with Crippen LogP contribution in [0.2, 0.25) is 0 Å². The normalized spacial score (nSPS) is 10.1. The first-order valence-corrected chi connectivity index (χ1v) is 6.03. The number of hydrogen-bond donors (Lipinski definition) is 2. The van der Waals surface area contributed by atoms with Gasteiger partial charge in [0.15, 0.2) is 17.2 Å². The fourth-order valence-corrected chi connectivity index (χ4v) is 1.78. The van der Waals surface area contributed by atoms with Crippen molar-refractivity contribution in [3.05, 3.63) is 47.5 Å². The molecule has 0 heterocycles. The molecule has 0 spiro atoms. The van der Waals surface area contributed by atoms with Crippen LogP contribution >= 0.6 is 0 Å². The van der Waals surface area contributed by atoms with E-state index in [1.165, 1.54) is 13.2 Å². The summed E-state index contributed by atoms with van der Waals surface area (Å²) in [6.07, 6.45) is 0. The summed E-state index contributed by atoms with van der Waals surface area (Å²) in [6.45, 7) is 1.95. The third-order valence-corrected chi connectivity index (χ3v) is 2.83. The smallest absolute Gasteiger partial charge is 0.248 e. The largest absolute Gasteiger partial charge is 0.493 e. The zero-order chi connectivity index (χ0) is 14.7. The van der Waals surface area contributed by atoms with Crippen LogP contribution in [0.5, 0.6) is 17.2 Å². The fourth-order valence-electron chi connectivity index (χ4n) is 1.78. The number of nitrogens with two attached hydrogens (primary N) is 2. The first-order chi connectivity index (χ1) is 9.51. The molecule has 0 aliphatic carbocycles. The van der Waals surface area contributed by atoms with Gasteiger partial charge in [-0.2, -0.15) is 0 Å². The number of aryl methyl sites for hydroxylation is 1. The molecule has 5 nitrogen and oxygen atoms in total. The monoisotopic (exact) mass is 272 g/mol. The second-order valence-corrected chi connectivity index (χ2v) is 4.37. The zero-order valence-electron chi connectivity index (χ0n) is 11.3. The number of rotatable bonds is 4. The van der Waals surface area contributed by atoms with Crippen LogP contribution in [0.3, 0.4) is 0 Å². The molecule has 0 saturated heterocycles. The molecule has 104 valence electrons. The van der Waals surface area contributed by atoms with E-state index in [-0.39, 0.29) is 0 Å². The summed E-state index contributed by atoms with van der Waals surface area (Å²) in [6, 6.07) is 10.2. The molecule has 0 atom stereocenters. The highest BCUT2D eigenvalue weighted by Crippen LogP contribution is 2.34. The van der Waals surface area contributed by atoms with Gasteiger partial charge in [-0.15, -0.1) is 0 Å². The number of ether oxygens (including phenoxy) is 2. The first kappa shape index (κ1) is 13.7. The topological polar surface area (TPSA) is 87.6 Å². The number of carbonyl (C=O) groups excluding carboxylic acids is 1. The number of nitrogen functional groups attached to an aromatic ring is 1. The summed E-state index contributed by atoms with van der Waals surface area (Å²) in [5, 5.41) is 0. The maximum absolute atomic E-state index is 11.1. The average Bonchev–Trinajstić information content (AvgIpc) is 2.42. The molecule has 0 fully saturated rings. The lowest BCUT2D eigenvalue weighted by atomic mass is 10.2. The van der Waals surface area contributed by atoms with Crippen LogP contribution in [0.25, 0.3) is 0 Å². The Hall–Kier alpha value is -2.69. The molecule has 2 aromatic rings. The molecule has 4 N–H and O–H groups in total. The number of methoxy groups -OCH3 is 1. The summed E-state index contributed by atoms with van der Waals surface area (Å²) in [5.41, 5.74) is 13.1. The van der Waals surface area contributed by atoms with Gasteiger partial charge in [0.1, 0.15) is 0 Å². The van der Waals surface area contributed by atoms with Crippen LogP contribution in [0, 0.1) is 6.92 Å². The second-order valence-electron chi connectivity index (χ2n) is 4.37. The molecule has 1 amide bonds. The number of amides is 1. The van der Waals surface area contributed by atoms with Gasteiger partial charge in [0.25, 0.3) is 0 Å². The maximum atomic E-state index is 11.1. The van der Waals surface area contributed by atoms with Crippen LogP contribution in [0.15, 0.2) is 36.4 Å². The third-order valence-electron chi connectivity index (χ3n) is 2.83. The minimum atomic E-state index is -0.523. The Kier molecular flexibility index (Phi) is 3.79. The number of benzene rings is 2. The zero-order valence-corrected chi connectivity index (χ0v) is 11.3. The second kappa shape index (κ2) is 5.52. The minimum absolute atomic E-state index is 0.353. The highest BCUT2D eigenvalue weighted by atomic mass is 16.5. The molecule has 0 unspecified atom stereocenters. The van der Waals surface area contributed by atoms with E-state index in [0.29, 0.717) is 28.5 Å². The third kappa shape index (κ3) is 2.83. The molecule has 0 bridgehead atoms. The molecular formula is C15H16N2O3. The van der Waals surface area contributed by atoms with Crippen molar-refractivity contribution in [1.29, 1.82) is 0 Å². The molecule has 5 heteroatoms. The summed E-state index contributed by atoms with van der Waals surface area (Å²) >= 11 is 0. The van der Waals surface area contributed by atoms with Gasteiger partial charge in [0.2, 0.25) is 5.91 Å². The van der Waals surface area contributed by atoms with E-state index in [9.17, 15) is 4.79 Å². The molecule has 20 heavy (non-hydrogen) atoms. The SMILES string of the molecule is COc1cc(C(N)=O)ccc1Oc1ccc(C)cc1N. The Morgan fingerprint density at radius 2 is 1.75 bits per heavy atom. The summed E-state index contributed by atoms with van der Waals surface area (Å²) in [4.78, 5) is 11.1. The molecule has 0 saturated carbocycles. The van der Waals surface area contributed by atoms with Crippen molar-refractivity contribution < 1.29 is 14.3 Å². The molecule has 0 aliphatic rings. The van der Waals surface area contributed by atoms with E-state index in [4.69, 9.17) is 20.9 Å². The van der Waals surface area contributed by atoms with Gasteiger partial charge in [0, 0.05) is 5.56 Å². The van der Waals surface area contributed by atoms with Crippen molar-refractivity contribution >= 4 is 11.6 Å². The van der Waals surface area contributed by atoms with Gasteiger partial charge in [-0.1, -0.05) is 6.07 Å². The van der Waals surface area contributed by atoms with Gasteiger partial charge in [0.05, 0.1) is 12.8 Å². The molecule has 0 aromatic heterocycles. The quantitative estimate of drug-likeness (QED) is 0.837. The van der Waals surface area contributed by atoms with Gasteiger partial charge in [-0.05, 0) is 42.8 Å². The molecular weight excluding hydrogens is 256 g/mol. The number of anilines is 1. The van der Waals surface area contributed by atoms with Crippen molar-refractivity contribution in [2.75, 3.05) is 12.8 Å². The lowest BCUT2D eigenvalue weighted by molar-refractivity contribution is 0.1000. The number of carbonyl (C=O) groups is 1. The van der Waals surface area contributed by atoms with Gasteiger partial charge >= 0.3 is 0 Å². The minimum Gasteiger partial charge on any atom is -0.493 e. The summed E-state index contributed by atoms with van der Waals surface area (Å²) < 4.78 is 10.9. The van der Waals surface area contributed by atoms with Crippen molar-refractivity contribution in [1.82, 2.24) is 0 Å². The van der Waals surface area contributed by atoms with Crippen LogP contribution in [-0.2, 0) is 0 Å². The van der Waals surface area contributed by atoms with Gasteiger partial charge < -0.3 is 20.9 Å². The molecule has 2 rings (SSSR count). The molecule has 0 aliphatic heterocycles. The molecule has 2 aromatic carbocycles. The van der Waals surface area contributed by atoms with E-state index in [1.807, 2.05) is 19.1 Å². The van der Waals surface area contributed by atoms with Crippen molar-refractivity contribution in [3.63, 3.8) is 0 Å². The summed E-state index contributed by atoms with van der Waals surface area (Å²) in [5.74, 6) is 0.889. The first-order valence-electron chi connectivity index (χ1n) is 6.03. The van der Waals surface area contributed by atoms with E-state index in [0.717, 1.165) is 5.56 Å². The highest BCUT2D eigenvalue weighted by Gasteiger charge is 2.11. The van der Waals surface area contributed by atoms with Crippen molar-refractivity contribution in [3.8, 4) is 17.2 Å². The van der Waals surface area contributed by atoms with Crippen LogP contribution in [-0.4, -0.2) is 13.0 Å². The lowest BCUT2D eigenvalue weighted by Gasteiger charge is -2.13. The Morgan fingerprint density at radius 3 is 2.35 bits per heavy atom. The van der Waals surface area contributed by atoms with Crippen molar-refractivity contribution in [2.45, 2.75) is 6.92 Å². The fraction of sp³-hybridized carbons (Fsp3) is 0.133. The van der Waals surface area contributed by atoms with E-state index in [2.05, 4.69) is 0 Å². The Labute approximate surface area is 117 Å². The number of primary amides is 1. The summed E-state index contributed by atoms with van der Waals surface area (Å²) in [7, 11) is 1.49. The van der Waals surface area contributed by atoms with E-state index >= 15 is 0 Å². The van der Waals surface area contributed by atoms with E-state index in [1.54, 1.807) is 18.2 Å². The maximum Gasteiger partial charge on any atom is 0.248 e. The van der Waals surface area contributed by atoms with Crippen LogP contribution < -0.4 is 20.9 Å². The Morgan fingerprint density at radius 1 is 1.05 bits per heavy atom.